The minimum atomic E-state index is -4.99. The first-order valence-corrected chi connectivity index (χ1v) is 8.62. The smallest absolute Gasteiger partial charge is 0.358 e. The van der Waals surface area contributed by atoms with E-state index in [0.29, 0.717) is 11.6 Å². The second-order valence-electron chi connectivity index (χ2n) is 5.23. The molecule has 0 heterocycles. The van der Waals surface area contributed by atoms with E-state index in [4.69, 9.17) is 11.6 Å². The average Bonchev–Trinajstić information content (AvgIpc) is 2.47. The van der Waals surface area contributed by atoms with Crippen molar-refractivity contribution in [3.05, 3.63) is 64.7 Å². The Morgan fingerprint density at radius 3 is 2.35 bits per heavy atom. The second kappa shape index (κ2) is 7.29. The predicted molar refractivity (Wildman–Crippen MR) is 88.4 cm³/mol. The molecule has 2 rings (SSSR count). The molecule has 2 aromatic carbocycles. The summed E-state index contributed by atoms with van der Waals surface area (Å²) in [7, 11) is -3.03. The van der Waals surface area contributed by atoms with E-state index in [1.165, 1.54) is 12.1 Å². The fourth-order valence-corrected chi connectivity index (χ4v) is 2.88. The second-order valence-corrected chi connectivity index (χ2v) is 6.59. The lowest BCUT2D eigenvalue weighted by atomic mass is 10.1. The molecule has 1 atom stereocenters. The zero-order valence-electron chi connectivity index (χ0n) is 12.7. The van der Waals surface area contributed by atoms with Gasteiger partial charge in [0.1, 0.15) is 5.75 Å². The monoisotopic (exact) mass is 357 g/mol. The van der Waals surface area contributed by atoms with Gasteiger partial charge in [0.05, 0.1) is 0 Å². The van der Waals surface area contributed by atoms with Crippen LogP contribution in [0.3, 0.4) is 0 Å². The van der Waals surface area contributed by atoms with E-state index < -0.39 is 10.5 Å². The zero-order valence-corrected chi connectivity index (χ0v) is 14.3. The third kappa shape index (κ3) is 5.20. The van der Waals surface area contributed by atoms with Gasteiger partial charge in [-0.25, -0.2) is 0 Å². The standard InChI is InChI=1S/C16H17ClFNO3S/c1-12(15-5-3-4-6-16(15)17)19(2)11-13-7-9-14(10-8-13)22-23(18,20)21/h3-10,12H,11H2,1-2H3. The zero-order chi connectivity index (χ0) is 17.0. The maximum absolute atomic E-state index is 12.4. The average molecular weight is 358 g/mol. The molecule has 0 aliphatic heterocycles. The molecule has 124 valence electrons. The van der Waals surface area contributed by atoms with Gasteiger partial charge in [0, 0.05) is 17.6 Å². The number of hydrogen-bond acceptors (Lipinski definition) is 4. The van der Waals surface area contributed by atoms with E-state index in [2.05, 4.69) is 9.08 Å². The number of benzene rings is 2. The summed E-state index contributed by atoms with van der Waals surface area (Å²) in [6.07, 6.45) is 0. The first-order chi connectivity index (χ1) is 10.8. The van der Waals surface area contributed by atoms with Crippen molar-refractivity contribution in [2.45, 2.75) is 19.5 Å². The van der Waals surface area contributed by atoms with Crippen LogP contribution in [0.25, 0.3) is 0 Å². The first-order valence-electron chi connectivity index (χ1n) is 6.94. The van der Waals surface area contributed by atoms with E-state index in [1.54, 1.807) is 12.1 Å². The summed E-state index contributed by atoms with van der Waals surface area (Å²) in [5.74, 6) is -0.0574. The van der Waals surface area contributed by atoms with Crippen LogP contribution in [-0.4, -0.2) is 20.4 Å². The minimum absolute atomic E-state index is 0.0574. The van der Waals surface area contributed by atoms with Crippen LogP contribution in [0.1, 0.15) is 24.1 Å². The summed E-state index contributed by atoms with van der Waals surface area (Å²) >= 11 is 6.21. The summed E-state index contributed by atoms with van der Waals surface area (Å²) in [5, 5.41) is 0.712. The van der Waals surface area contributed by atoms with Crippen LogP contribution in [0.5, 0.6) is 5.75 Å². The van der Waals surface area contributed by atoms with Crippen LogP contribution in [-0.2, 0) is 17.0 Å². The Balaban J connectivity index is 2.05. The van der Waals surface area contributed by atoms with Crippen molar-refractivity contribution < 1.29 is 16.5 Å². The van der Waals surface area contributed by atoms with Crippen LogP contribution in [0, 0.1) is 0 Å². The van der Waals surface area contributed by atoms with Crippen molar-refractivity contribution in [1.82, 2.24) is 4.90 Å². The van der Waals surface area contributed by atoms with Gasteiger partial charge in [-0.15, -0.1) is 0 Å². The fraction of sp³-hybridized carbons (Fsp3) is 0.250. The highest BCUT2D eigenvalue weighted by molar-refractivity contribution is 7.81. The quantitative estimate of drug-likeness (QED) is 0.729. The Bertz CT molecular complexity index is 765. The SMILES string of the molecule is CC(c1ccccc1Cl)N(C)Cc1ccc(OS(=O)(=O)F)cc1. The van der Waals surface area contributed by atoms with Crippen molar-refractivity contribution >= 4 is 22.1 Å². The largest absolute Gasteiger partial charge is 0.488 e. The molecule has 7 heteroatoms. The Labute approximate surface area is 140 Å². The van der Waals surface area contributed by atoms with E-state index in [1.807, 2.05) is 38.2 Å². The lowest BCUT2D eigenvalue weighted by Crippen LogP contribution is -2.22. The molecule has 0 aliphatic carbocycles. The lowest BCUT2D eigenvalue weighted by Gasteiger charge is -2.26. The van der Waals surface area contributed by atoms with E-state index >= 15 is 0 Å². The molecule has 1 unspecified atom stereocenters. The van der Waals surface area contributed by atoms with Gasteiger partial charge in [-0.3, -0.25) is 4.90 Å². The third-order valence-corrected chi connectivity index (χ3v) is 4.30. The van der Waals surface area contributed by atoms with Crippen LogP contribution >= 0.6 is 11.6 Å². The molecular weight excluding hydrogens is 341 g/mol. The molecular formula is C16H17ClFNO3S. The van der Waals surface area contributed by atoms with Crippen molar-refractivity contribution in [1.29, 1.82) is 0 Å². The highest BCUT2D eigenvalue weighted by Crippen LogP contribution is 2.27. The van der Waals surface area contributed by atoms with Gasteiger partial charge in [-0.1, -0.05) is 45.8 Å². The molecule has 0 fully saturated rings. The van der Waals surface area contributed by atoms with E-state index in [9.17, 15) is 12.3 Å². The molecule has 0 amide bonds. The fourth-order valence-electron chi connectivity index (χ4n) is 2.24. The molecule has 0 radical (unpaired) electrons. The molecule has 0 aromatic heterocycles. The minimum Gasteiger partial charge on any atom is -0.358 e. The summed E-state index contributed by atoms with van der Waals surface area (Å²) in [4.78, 5) is 2.10. The van der Waals surface area contributed by atoms with Crippen LogP contribution in [0.4, 0.5) is 3.89 Å². The van der Waals surface area contributed by atoms with Crippen LogP contribution in [0.2, 0.25) is 5.02 Å². The Morgan fingerprint density at radius 2 is 1.78 bits per heavy atom. The van der Waals surface area contributed by atoms with Gasteiger partial charge in [0.25, 0.3) is 0 Å². The third-order valence-electron chi connectivity index (χ3n) is 3.57. The van der Waals surface area contributed by atoms with Gasteiger partial charge in [-0.2, -0.15) is 8.42 Å². The molecule has 23 heavy (non-hydrogen) atoms. The van der Waals surface area contributed by atoms with Crippen molar-refractivity contribution in [2.75, 3.05) is 7.05 Å². The summed E-state index contributed by atoms with van der Waals surface area (Å²) < 4.78 is 37.5. The van der Waals surface area contributed by atoms with Crippen molar-refractivity contribution in [3.8, 4) is 5.75 Å². The highest BCUT2D eigenvalue weighted by Gasteiger charge is 2.15. The van der Waals surface area contributed by atoms with Gasteiger partial charge in [-0.05, 0) is 43.3 Å². The van der Waals surface area contributed by atoms with E-state index in [0.717, 1.165) is 11.1 Å². The molecule has 0 bridgehead atoms. The summed E-state index contributed by atoms with van der Waals surface area (Å²) in [5.41, 5.74) is 1.97. The van der Waals surface area contributed by atoms with Crippen molar-refractivity contribution in [2.24, 2.45) is 0 Å². The number of nitrogens with zero attached hydrogens (tertiary/aromatic N) is 1. The maximum Gasteiger partial charge on any atom is 0.488 e. The van der Waals surface area contributed by atoms with Crippen LogP contribution in [0.15, 0.2) is 48.5 Å². The highest BCUT2D eigenvalue weighted by atomic mass is 35.5. The molecule has 0 saturated heterocycles. The Hall–Kier alpha value is -1.63. The van der Waals surface area contributed by atoms with Crippen LogP contribution < -0.4 is 4.18 Å². The molecule has 0 spiro atoms. The Kier molecular flexibility index (Phi) is 5.62. The predicted octanol–water partition coefficient (Wildman–Crippen LogP) is 4.13. The van der Waals surface area contributed by atoms with Crippen molar-refractivity contribution in [3.63, 3.8) is 0 Å². The molecule has 0 N–H and O–H groups in total. The normalized spacial score (nSPS) is 13.1. The van der Waals surface area contributed by atoms with E-state index in [-0.39, 0.29) is 11.8 Å². The van der Waals surface area contributed by atoms with Gasteiger partial charge in [0.15, 0.2) is 0 Å². The molecule has 4 nitrogen and oxygen atoms in total. The lowest BCUT2D eigenvalue weighted by molar-refractivity contribution is 0.253. The number of rotatable bonds is 6. The topological polar surface area (TPSA) is 46.6 Å². The number of halogens is 2. The first kappa shape index (κ1) is 17.7. The van der Waals surface area contributed by atoms with Gasteiger partial charge >= 0.3 is 10.5 Å². The number of hydrogen-bond donors (Lipinski definition) is 0. The summed E-state index contributed by atoms with van der Waals surface area (Å²) in [6.45, 7) is 2.67. The molecule has 0 aliphatic rings. The molecule has 2 aromatic rings. The Morgan fingerprint density at radius 1 is 1.17 bits per heavy atom. The van der Waals surface area contributed by atoms with Gasteiger partial charge in [0.2, 0.25) is 0 Å². The summed E-state index contributed by atoms with van der Waals surface area (Å²) in [6, 6.07) is 14.0. The maximum atomic E-state index is 12.4. The van der Waals surface area contributed by atoms with Gasteiger partial charge < -0.3 is 4.18 Å². The molecule has 0 saturated carbocycles.